The highest BCUT2D eigenvalue weighted by Gasteiger charge is 2.15. The lowest BCUT2D eigenvalue weighted by atomic mass is 10.1. The number of hydrogen-bond acceptors (Lipinski definition) is 3. The lowest BCUT2D eigenvalue weighted by molar-refractivity contribution is -0.114. The second-order valence-electron chi connectivity index (χ2n) is 5.64. The number of nitrogens with one attached hydrogen (secondary N) is 2. The van der Waals surface area contributed by atoms with Gasteiger partial charge < -0.3 is 15.1 Å². The lowest BCUT2D eigenvalue weighted by Gasteiger charge is -2.12. The summed E-state index contributed by atoms with van der Waals surface area (Å²) < 4.78 is 5.77. The molecule has 0 aliphatic heterocycles. The number of anilines is 1. The largest absolute Gasteiger partial charge is 0.459 e. The molecular weight excluding hydrogens is 304 g/mol. The maximum Gasteiger partial charge on any atom is 0.251 e. The van der Waals surface area contributed by atoms with Crippen LogP contribution in [0.5, 0.6) is 0 Å². The summed E-state index contributed by atoms with van der Waals surface area (Å²) in [6, 6.07) is 16.2. The Bertz CT molecular complexity index is 865. The van der Waals surface area contributed by atoms with Gasteiger partial charge in [0, 0.05) is 23.6 Å². The van der Waals surface area contributed by atoms with Gasteiger partial charge in [0.1, 0.15) is 11.3 Å². The number of carbonyl (C=O) groups is 2. The number of furan rings is 1. The normalized spacial score (nSPS) is 11.9. The van der Waals surface area contributed by atoms with Crippen molar-refractivity contribution in [1.29, 1.82) is 0 Å². The summed E-state index contributed by atoms with van der Waals surface area (Å²) in [7, 11) is 0. The van der Waals surface area contributed by atoms with Crippen LogP contribution in [-0.2, 0) is 4.79 Å². The van der Waals surface area contributed by atoms with Gasteiger partial charge in [-0.2, -0.15) is 0 Å². The van der Waals surface area contributed by atoms with Gasteiger partial charge in [0.25, 0.3) is 5.91 Å². The van der Waals surface area contributed by atoms with Crippen LogP contribution in [0.3, 0.4) is 0 Å². The molecule has 0 saturated carbocycles. The number of para-hydroxylation sites is 1. The molecule has 2 aromatic carbocycles. The van der Waals surface area contributed by atoms with Gasteiger partial charge in [-0.15, -0.1) is 0 Å². The molecule has 2 amide bonds. The zero-order valence-corrected chi connectivity index (χ0v) is 13.5. The number of fused-ring (bicyclic) bond motifs is 1. The van der Waals surface area contributed by atoms with Crippen LogP contribution in [-0.4, -0.2) is 11.8 Å². The van der Waals surface area contributed by atoms with Gasteiger partial charge in [0.2, 0.25) is 5.91 Å². The summed E-state index contributed by atoms with van der Waals surface area (Å²) in [4.78, 5) is 23.5. The first-order chi connectivity index (χ1) is 11.5. The average Bonchev–Trinajstić information content (AvgIpc) is 2.98. The van der Waals surface area contributed by atoms with E-state index in [-0.39, 0.29) is 17.9 Å². The molecule has 2 N–H and O–H groups in total. The highest BCUT2D eigenvalue weighted by Crippen LogP contribution is 2.24. The van der Waals surface area contributed by atoms with E-state index in [1.54, 1.807) is 24.3 Å². The molecule has 3 rings (SSSR count). The Balaban J connectivity index is 1.75. The monoisotopic (exact) mass is 322 g/mol. The topological polar surface area (TPSA) is 71.3 Å². The summed E-state index contributed by atoms with van der Waals surface area (Å²) in [5, 5.41) is 6.58. The Morgan fingerprint density at radius 3 is 2.58 bits per heavy atom. The predicted octanol–water partition coefficient (Wildman–Crippen LogP) is 3.88. The molecular formula is C19H18N2O3. The summed E-state index contributed by atoms with van der Waals surface area (Å²) >= 11 is 0. The van der Waals surface area contributed by atoms with E-state index in [0.717, 1.165) is 11.0 Å². The van der Waals surface area contributed by atoms with Gasteiger partial charge >= 0.3 is 0 Å². The van der Waals surface area contributed by atoms with E-state index in [4.69, 9.17) is 4.42 Å². The van der Waals surface area contributed by atoms with Crippen molar-refractivity contribution < 1.29 is 14.0 Å². The van der Waals surface area contributed by atoms with E-state index < -0.39 is 0 Å². The third-order valence-corrected chi connectivity index (χ3v) is 3.66. The van der Waals surface area contributed by atoms with Crippen molar-refractivity contribution in [2.75, 3.05) is 5.32 Å². The Hall–Kier alpha value is -3.08. The van der Waals surface area contributed by atoms with Crippen molar-refractivity contribution >= 4 is 28.5 Å². The van der Waals surface area contributed by atoms with E-state index in [2.05, 4.69) is 10.6 Å². The van der Waals surface area contributed by atoms with Crippen LogP contribution in [0.15, 0.2) is 59.0 Å². The molecule has 0 unspecified atom stereocenters. The third kappa shape index (κ3) is 3.46. The Morgan fingerprint density at radius 1 is 1.04 bits per heavy atom. The van der Waals surface area contributed by atoms with Crippen LogP contribution in [0.4, 0.5) is 5.69 Å². The van der Waals surface area contributed by atoms with Crippen LogP contribution >= 0.6 is 0 Å². The number of amides is 2. The van der Waals surface area contributed by atoms with Crippen LogP contribution in [0.1, 0.15) is 36.0 Å². The molecule has 5 heteroatoms. The van der Waals surface area contributed by atoms with Crippen molar-refractivity contribution in [1.82, 2.24) is 5.32 Å². The molecule has 3 aromatic rings. The standard InChI is InChI=1S/C19H18N2O3/c1-12(18-11-14-6-3-4-9-17(14)24-18)20-19(23)15-7-5-8-16(10-15)21-13(2)22/h3-12H,1-2H3,(H,20,23)(H,21,22)/t12-/m0/s1. The molecule has 0 aliphatic carbocycles. The highest BCUT2D eigenvalue weighted by molar-refractivity contribution is 5.97. The Kier molecular flexibility index (Phi) is 4.33. The molecule has 1 heterocycles. The fourth-order valence-electron chi connectivity index (χ4n) is 2.51. The van der Waals surface area contributed by atoms with Gasteiger partial charge in [-0.25, -0.2) is 0 Å². The molecule has 5 nitrogen and oxygen atoms in total. The first kappa shape index (κ1) is 15.8. The zero-order chi connectivity index (χ0) is 17.1. The Labute approximate surface area is 139 Å². The molecule has 24 heavy (non-hydrogen) atoms. The van der Waals surface area contributed by atoms with Crippen molar-refractivity contribution in [3.63, 3.8) is 0 Å². The summed E-state index contributed by atoms with van der Waals surface area (Å²) in [6.45, 7) is 3.30. The highest BCUT2D eigenvalue weighted by atomic mass is 16.3. The molecule has 0 saturated heterocycles. The SMILES string of the molecule is CC(=O)Nc1cccc(C(=O)N[C@@H](C)c2cc3ccccc3o2)c1. The second kappa shape index (κ2) is 6.58. The molecule has 0 spiro atoms. The maximum atomic E-state index is 12.4. The molecule has 0 fully saturated rings. The van der Waals surface area contributed by atoms with Crippen molar-refractivity contribution in [3.05, 3.63) is 65.9 Å². The van der Waals surface area contributed by atoms with Crippen molar-refractivity contribution in [3.8, 4) is 0 Å². The molecule has 122 valence electrons. The minimum atomic E-state index is -0.269. The second-order valence-corrected chi connectivity index (χ2v) is 5.64. The van der Waals surface area contributed by atoms with Gasteiger partial charge in [0.05, 0.1) is 6.04 Å². The first-order valence-corrected chi connectivity index (χ1v) is 7.70. The average molecular weight is 322 g/mol. The fraction of sp³-hybridized carbons (Fsp3) is 0.158. The Morgan fingerprint density at radius 2 is 1.83 bits per heavy atom. The van der Waals surface area contributed by atoms with Crippen LogP contribution < -0.4 is 10.6 Å². The molecule has 0 aliphatic rings. The fourth-order valence-corrected chi connectivity index (χ4v) is 2.51. The number of hydrogen-bond donors (Lipinski definition) is 2. The zero-order valence-electron chi connectivity index (χ0n) is 13.5. The molecule has 1 atom stereocenters. The summed E-state index contributed by atoms with van der Waals surface area (Å²) in [5.74, 6) is 0.293. The van der Waals surface area contributed by atoms with Crippen LogP contribution in [0.25, 0.3) is 11.0 Å². The number of rotatable bonds is 4. The van der Waals surface area contributed by atoms with E-state index >= 15 is 0 Å². The van der Waals surface area contributed by atoms with E-state index in [1.807, 2.05) is 37.3 Å². The minimum absolute atomic E-state index is 0.178. The van der Waals surface area contributed by atoms with Crippen LogP contribution in [0, 0.1) is 0 Å². The van der Waals surface area contributed by atoms with Gasteiger partial charge in [-0.3, -0.25) is 9.59 Å². The quantitative estimate of drug-likeness (QED) is 0.765. The smallest absolute Gasteiger partial charge is 0.251 e. The van der Waals surface area contributed by atoms with Gasteiger partial charge in [0.15, 0.2) is 0 Å². The summed E-state index contributed by atoms with van der Waals surface area (Å²) in [6.07, 6.45) is 0. The molecule has 0 bridgehead atoms. The van der Waals surface area contributed by atoms with E-state index in [9.17, 15) is 9.59 Å². The third-order valence-electron chi connectivity index (χ3n) is 3.66. The minimum Gasteiger partial charge on any atom is -0.459 e. The lowest BCUT2D eigenvalue weighted by Crippen LogP contribution is -2.26. The molecule has 0 radical (unpaired) electrons. The van der Waals surface area contributed by atoms with Crippen molar-refractivity contribution in [2.24, 2.45) is 0 Å². The number of carbonyl (C=O) groups excluding carboxylic acids is 2. The van der Waals surface area contributed by atoms with Gasteiger partial charge in [-0.05, 0) is 37.3 Å². The van der Waals surface area contributed by atoms with Crippen LogP contribution in [0.2, 0.25) is 0 Å². The number of benzene rings is 2. The van der Waals surface area contributed by atoms with E-state index in [1.165, 1.54) is 6.92 Å². The van der Waals surface area contributed by atoms with Crippen molar-refractivity contribution in [2.45, 2.75) is 19.9 Å². The maximum absolute atomic E-state index is 12.4. The van der Waals surface area contributed by atoms with E-state index in [0.29, 0.717) is 17.0 Å². The first-order valence-electron chi connectivity index (χ1n) is 7.70. The summed E-state index contributed by atoms with van der Waals surface area (Å²) in [5.41, 5.74) is 1.86. The predicted molar refractivity (Wildman–Crippen MR) is 92.8 cm³/mol. The van der Waals surface area contributed by atoms with Gasteiger partial charge in [-0.1, -0.05) is 24.3 Å². The molecule has 1 aromatic heterocycles.